The molecule has 8 heteroatoms. The molecule has 0 atom stereocenters. The summed E-state index contributed by atoms with van der Waals surface area (Å²) in [5, 5.41) is 0. The molecular weight excluding hydrogens is 207 g/mol. The average Bonchev–Trinajstić information content (AvgIpc) is 1.84. The van der Waals surface area contributed by atoms with E-state index in [1.807, 2.05) is 0 Å². The smallest absolute Gasteiger partial charge is 0.466 e. The molecule has 0 fully saturated rings. The minimum absolute atomic E-state index is 0. The number of hydrogen-bond acceptors (Lipinski definition) is 4. The van der Waals surface area contributed by atoms with E-state index in [0.29, 0.717) is 19.4 Å². The first-order valence-electron chi connectivity index (χ1n) is 3.46. The minimum atomic E-state index is -4.67. The molecule has 0 aliphatic rings. The van der Waals surface area contributed by atoms with Crippen molar-refractivity contribution in [2.45, 2.75) is 19.8 Å². The van der Waals surface area contributed by atoms with Gasteiger partial charge in [-0.25, -0.2) is 0 Å². The van der Waals surface area contributed by atoms with Gasteiger partial charge in [-0.3, -0.25) is 13.9 Å². The monoisotopic (exact) mass is 220 g/mol. The van der Waals surface area contributed by atoms with Gasteiger partial charge in [0, 0.05) is 6.42 Å². The van der Waals surface area contributed by atoms with E-state index < -0.39 is 10.4 Å². The minimum Gasteiger partial charge on any atom is -0.466 e. The third kappa shape index (κ3) is 40.5. The normalized spacial score (nSPS) is 9.14. The van der Waals surface area contributed by atoms with E-state index >= 15 is 0 Å². The SMILES string of the molecule is O=S(=O)(O)O.[CH2-]CCC(=O)OCC.[Li+]. The molecule has 2 N–H and O–H groups in total. The molecule has 80 valence electrons. The van der Waals surface area contributed by atoms with Gasteiger partial charge >= 0.3 is 35.2 Å². The van der Waals surface area contributed by atoms with Crippen LogP contribution in [-0.4, -0.2) is 30.1 Å². The molecule has 0 heterocycles. The van der Waals surface area contributed by atoms with Gasteiger partial charge in [0.25, 0.3) is 0 Å². The summed E-state index contributed by atoms with van der Waals surface area (Å²) in [6.45, 7) is 5.77. The van der Waals surface area contributed by atoms with Crippen LogP contribution in [0.4, 0.5) is 0 Å². The summed E-state index contributed by atoms with van der Waals surface area (Å²) in [5.41, 5.74) is 0. The molecule has 14 heavy (non-hydrogen) atoms. The van der Waals surface area contributed by atoms with Crippen molar-refractivity contribution < 1.29 is 45.9 Å². The molecule has 0 saturated heterocycles. The van der Waals surface area contributed by atoms with Crippen LogP contribution in [0.15, 0.2) is 0 Å². The van der Waals surface area contributed by atoms with E-state index in [1.54, 1.807) is 6.92 Å². The zero-order valence-electron chi connectivity index (χ0n) is 8.26. The second-order valence-corrected chi connectivity index (χ2v) is 2.75. The second kappa shape index (κ2) is 11.0. The fraction of sp³-hybridized carbons (Fsp3) is 0.667. The number of ether oxygens (including phenoxy) is 1. The summed E-state index contributed by atoms with van der Waals surface area (Å²) in [4.78, 5) is 10.4. The maximum absolute atomic E-state index is 10.4. The van der Waals surface area contributed by atoms with Gasteiger partial charge in [0.1, 0.15) is 0 Å². The first kappa shape index (κ1) is 19.5. The van der Waals surface area contributed by atoms with Gasteiger partial charge in [-0.2, -0.15) is 14.8 Å². The Bertz CT molecular complexity index is 208. The molecule has 0 amide bonds. The zero-order chi connectivity index (χ0) is 10.9. The number of rotatable bonds is 3. The van der Waals surface area contributed by atoms with Crippen LogP contribution in [0.25, 0.3) is 0 Å². The van der Waals surface area contributed by atoms with Gasteiger partial charge in [0.05, 0.1) is 6.61 Å². The number of carbonyl (C=O) groups is 1. The fourth-order valence-electron chi connectivity index (χ4n) is 0.377. The molecule has 0 aliphatic heterocycles. The molecule has 0 bridgehead atoms. The molecule has 0 rings (SSSR count). The molecule has 0 aliphatic carbocycles. The third-order valence-electron chi connectivity index (χ3n) is 0.686. The zero-order valence-corrected chi connectivity index (χ0v) is 9.08. The van der Waals surface area contributed by atoms with Gasteiger partial charge < -0.3 is 11.7 Å². The predicted molar refractivity (Wildman–Crippen MR) is 45.4 cm³/mol. The number of hydrogen-bond donors (Lipinski definition) is 2. The molecule has 0 aromatic carbocycles. The summed E-state index contributed by atoms with van der Waals surface area (Å²) >= 11 is 0. The predicted octanol–water partition coefficient (Wildman–Crippen LogP) is -2.49. The third-order valence-corrected chi connectivity index (χ3v) is 0.686. The van der Waals surface area contributed by atoms with Crippen LogP contribution in [-0.2, 0) is 19.9 Å². The van der Waals surface area contributed by atoms with Crippen molar-refractivity contribution in [2.24, 2.45) is 0 Å². The Morgan fingerprint density at radius 1 is 1.43 bits per heavy atom. The average molecular weight is 220 g/mol. The van der Waals surface area contributed by atoms with E-state index in [2.05, 4.69) is 11.7 Å². The van der Waals surface area contributed by atoms with Crippen LogP contribution < -0.4 is 18.9 Å². The van der Waals surface area contributed by atoms with Crippen LogP contribution in [0, 0.1) is 6.92 Å². The summed E-state index contributed by atoms with van der Waals surface area (Å²) in [6.07, 6.45) is 1.06. The van der Waals surface area contributed by atoms with Gasteiger partial charge in [-0.05, 0) is 6.92 Å². The van der Waals surface area contributed by atoms with Gasteiger partial charge in [-0.1, -0.05) is 0 Å². The molecule has 0 aromatic rings. The van der Waals surface area contributed by atoms with E-state index in [1.165, 1.54) is 0 Å². The van der Waals surface area contributed by atoms with Crippen LogP contribution >= 0.6 is 0 Å². The molecule has 0 unspecified atom stereocenters. The van der Waals surface area contributed by atoms with Crippen molar-refractivity contribution >= 4 is 16.4 Å². The maximum Gasteiger partial charge on any atom is 1.00 e. The largest absolute Gasteiger partial charge is 1.00 e. The van der Waals surface area contributed by atoms with Crippen LogP contribution in [0.5, 0.6) is 0 Å². The molecule has 0 saturated carbocycles. The Labute approximate surface area is 95.8 Å². The molecule has 6 nitrogen and oxygen atoms in total. The first-order chi connectivity index (χ1) is 5.81. The number of carbonyl (C=O) groups excluding carboxylic acids is 1. The van der Waals surface area contributed by atoms with E-state index in [-0.39, 0.29) is 24.8 Å². The van der Waals surface area contributed by atoms with Crippen molar-refractivity contribution in [3.8, 4) is 0 Å². The number of esters is 1. The Kier molecular flexibility index (Phi) is 15.3. The first-order valence-corrected chi connectivity index (χ1v) is 4.85. The van der Waals surface area contributed by atoms with Crippen molar-refractivity contribution in [3.05, 3.63) is 6.92 Å². The van der Waals surface area contributed by atoms with E-state index in [0.717, 1.165) is 0 Å². The Hall–Kier alpha value is -0.0626. The van der Waals surface area contributed by atoms with Crippen LogP contribution in [0.1, 0.15) is 19.8 Å². The van der Waals surface area contributed by atoms with Gasteiger partial charge in [0.15, 0.2) is 0 Å². The van der Waals surface area contributed by atoms with Crippen molar-refractivity contribution in [1.82, 2.24) is 0 Å². The van der Waals surface area contributed by atoms with E-state index in [9.17, 15) is 4.79 Å². The Morgan fingerprint density at radius 2 is 1.79 bits per heavy atom. The van der Waals surface area contributed by atoms with Crippen molar-refractivity contribution in [3.63, 3.8) is 0 Å². The van der Waals surface area contributed by atoms with Crippen LogP contribution in [0.3, 0.4) is 0 Å². The maximum atomic E-state index is 10.4. The molecule has 0 radical (unpaired) electrons. The quantitative estimate of drug-likeness (QED) is 0.236. The fourth-order valence-corrected chi connectivity index (χ4v) is 0.377. The molecule has 0 spiro atoms. The second-order valence-electron chi connectivity index (χ2n) is 1.86. The summed E-state index contributed by atoms with van der Waals surface area (Å²) < 4.78 is 36.2. The van der Waals surface area contributed by atoms with Gasteiger partial charge in [0.2, 0.25) is 0 Å². The Balaban J connectivity index is -0.000000177. The summed E-state index contributed by atoms with van der Waals surface area (Å²) in [5.74, 6) is -0.150. The van der Waals surface area contributed by atoms with Gasteiger partial charge in [-0.15, -0.1) is 0 Å². The summed E-state index contributed by atoms with van der Waals surface area (Å²) in [6, 6.07) is 0. The topological polar surface area (TPSA) is 101 Å². The van der Waals surface area contributed by atoms with E-state index in [4.69, 9.17) is 17.5 Å². The molecule has 0 aromatic heterocycles. The standard InChI is InChI=1S/C6H11O2.Li.H2O4S/c1-3-5-6(7)8-4-2;;1-5(2,3)4/h1,3-5H2,2H3;;(H2,1,2,3,4)/q-1;+1;. The summed E-state index contributed by atoms with van der Waals surface area (Å²) in [7, 11) is -4.67. The van der Waals surface area contributed by atoms with Crippen molar-refractivity contribution in [1.29, 1.82) is 0 Å². The molecular formula is C6H13LiO6S. The van der Waals surface area contributed by atoms with Crippen molar-refractivity contribution in [2.75, 3.05) is 6.61 Å². The Morgan fingerprint density at radius 3 is 2.00 bits per heavy atom. The van der Waals surface area contributed by atoms with Crippen LogP contribution in [0.2, 0.25) is 0 Å².